The molecule has 1 fully saturated rings. The molecule has 1 aliphatic heterocycles. The number of carboxylic acid groups (broad SMARTS) is 1. The largest absolute Gasteiger partial charge is 0.490 e. The van der Waals surface area contributed by atoms with Gasteiger partial charge in [0.2, 0.25) is 0 Å². The van der Waals surface area contributed by atoms with E-state index in [1.807, 2.05) is 19.1 Å². The lowest BCUT2D eigenvalue weighted by molar-refractivity contribution is -0.0113. The van der Waals surface area contributed by atoms with Crippen molar-refractivity contribution in [1.82, 2.24) is 0 Å². The number of ether oxygens (including phenoxy) is 2. The SMILES string of the molecule is CCSc1cccc(OCC2CCCCO2)c1C(=O)O. The van der Waals surface area contributed by atoms with Gasteiger partial charge in [-0.3, -0.25) is 0 Å². The summed E-state index contributed by atoms with van der Waals surface area (Å²) in [6.45, 7) is 3.19. The first-order valence-electron chi connectivity index (χ1n) is 6.96. The minimum atomic E-state index is -0.943. The first-order valence-corrected chi connectivity index (χ1v) is 7.94. The van der Waals surface area contributed by atoms with Gasteiger partial charge >= 0.3 is 5.97 Å². The third-order valence-electron chi connectivity index (χ3n) is 3.20. The lowest BCUT2D eigenvalue weighted by atomic mass is 10.1. The topological polar surface area (TPSA) is 55.8 Å². The van der Waals surface area contributed by atoms with Crippen LogP contribution in [0.2, 0.25) is 0 Å². The number of carbonyl (C=O) groups is 1. The van der Waals surface area contributed by atoms with Crippen LogP contribution >= 0.6 is 11.8 Å². The summed E-state index contributed by atoms with van der Waals surface area (Å²) in [6.07, 6.45) is 3.30. The fraction of sp³-hybridized carbons (Fsp3) is 0.533. The Morgan fingerprint density at radius 3 is 3.00 bits per heavy atom. The van der Waals surface area contributed by atoms with Gasteiger partial charge in [-0.05, 0) is 37.1 Å². The Labute approximate surface area is 123 Å². The van der Waals surface area contributed by atoms with Crippen LogP contribution < -0.4 is 4.74 Å². The minimum absolute atomic E-state index is 0.0767. The normalized spacial score (nSPS) is 18.8. The van der Waals surface area contributed by atoms with Crippen molar-refractivity contribution in [3.63, 3.8) is 0 Å². The molecule has 4 nitrogen and oxygen atoms in total. The van der Waals surface area contributed by atoms with Gasteiger partial charge in [0.05, 0.1) is 6.10 Å². The molecule has 1 aliphatic rings. The molecule has 1 aromatic rings. The average molecular weight is 296 g/mol. The fourth-order valence-corrected chi connectivity index (χ4v) is 3.06. The van der Waals surface area contributed by atoms with Gasteiger partial charge in [0.15, 0.2) is 0 Å². The molecule has 0 spiro atoms. The average Bonchev–Trinajstić information content (AvgIpc) is 2.46. The Bertz CT molecular complexity index is 455. The quantitative estimate of drug-likeness (QED) is 0.815. The van der Waals surface area contributed by atoms with Crippen LogP contribution in [0.1, 0.15) is 36.5 Å². The zero-order valence-corrected chi connectivity index (χ0v) is 12.4. The number of rotatable bonds is 6. The van der Waals surface area contributed by atoms with Crippen molar-refractivity contribution in [3.8, 4) is 5.75 Å². The zero-order valence-electron chi connectivity index (χ0n) is 11.6. The Morgan fingerprint density at radius 1 is 1.50 bits per heavy atom. The number of hydrogen-bond acceptors (Lipinski definition) is 4. The number of hydrogen-bond donors (Lipinski definition) is 1. The Kier molecular flexibility index (Phi) is 5.73. The summed E-state index contributed by atoms with van der Waals surface area (Å²) in [4.78, 5) is 12.2. The van der Waals surface area contributed by atoms with E-state index < -0.39 is 5.97 Å². The Morgan fingerprint density at radius 2 is 2.35 bits per heavy atom. The smallest absolute Gasteiger partial charge is 0.340 e. The van der Waals surface area contributed by atoms with Gasteiger partial charge in [-0.1, -0.05) is 13.0 Å². The molecule has 110 valence electrons. The van der Waals surface area contributed by atoms with E-state index in [0.717, 1.165) is 36.5 Å². The van der Waals surface area contributed by atoms with Crippen molar-refractivity contribution in [3.05, 3.63) is 23.8 Å². The maximum Gasteiger partial charge on any atom is 0.340 e. The van der Waals surface area contributed by atoms with Gasteiger partial charge in [-0.15, -0.1) is 11.8 Å². The van der Waals surface area contributed by atoms with Crippen LogP contribution in [0.5, 0.6) is 5.75 Å². The molecular formula is C15H20O4S. The summed E-state index contributed by atoms with van der Waals surface area (Å²) in [5, 5.41) is 9.39. The van der Waals surface area contributed by atoms with Crippen molar-refractivity contribution >= 4 is 17.7 Å². The molecule has 1 unspecified atom stereocenters. The molecule has 1 aromatic carbocycles. The lowest BCUT2D eigenvalue weighted by Crippen LogP contribution is -2.26. The van der Waals surface area contributed by atoms with Crippen molar-refractivity contribution in [2.75, 3.05) is 19.0 Å². The maximum absolute atomic E-state index is 11.4. The van der Waals surface area contributed by atoms with Crippen LogP contribution in [0.25, 0.3) is 0 Å². The molecule has 2 rings (SSSR count). The van der Waals surface area contributed by atoms with E-state index in [4.69, 9.17) is 9.47 Å². The van der Waals surface area contributed by atoms with Crippen molar-refractivity contribution in [2.24, 2.45) is 0 Å². The molecule has 0 saturated carbocycles. The third-order valence-corrected chi connectivity index (χ3v) is 4.14. The molecule has 20 heavy (non-hydrogen) atoms. The number of benzene rings is 1. The summed E-state index contributed by atoms with van der Waals surface area (Å²) in [5.41, 5.74) is 0.259. The highest BCUT2D eigenvalue weighted by atomic mass is 32.2. The molecular weight excluding hydrogens is 276 g/mol. The van der Waals surface area contributed by atoms with E-state index in [9.17, 15) is 9.90 Å². The lowest BCUT2D eigenvalue weighted by Gasteiger charge is -2.23. The van der Waals surface area contributed by atoms with Crippen LogP contribution in [0.4, 0.5) is 0 Å². The molecule has 1 saturated heterocycles. The number of carboxylic acids is 1. The van der Waals surface area contributed by atoms with Gasteiger partial charge in [-0.25, -0.2) is 4.79 Å². The molecule has 0 amide bonds. The van der Waals surface area contributed by atoms with Crippen molar-refractivity contribution in [1.29, 1.82) is 0 Å². The molecule has 1 atom stereocenters. The molecule has 0 aliphatic carbocycles. The summed E-state index contributed by atoms with van der Waals surface area (Å²) in [7, 11) is 0. The Balaban J connectivity index is 2.09. The monoisotopic (exact) mass is 296 g/mol. The van der Waals surface area contributed by atoms with E-state index in [2.05, 4.69) is 0 Å². The molecule has 1 N–H and O–H groups in total. The van der Waals surface area contributed by atoms with E-state index in [1.54, 1.807) is 6.07 Å². The second kappa shape index (κ2) is 7.55. The van der Waals surface area contributed by atoms with E-state index >= 15 is 0 Å². The molecule has 0 radical (unpaired) electrons. The zero-order chi connectivity index (χ0) is 14.4. The van der Waals surface area contributed by atoms with Crippen LogP contribution in [0, 0.1) is 0 Å². The molecule has 0 bridgehead atoms. The summed E-state index contributed by atoms with van der Waals surface area (Å²) < 4.78 is 11.3. The van der Waals surface area contributed by atoms with Crippen molar-refractivity contribution < 1.29 is 19.4 Å². The van der Waals surface area contributed by atoms with E-state index in [1.165, 1.54) is 11.8 Å². The van der Waals surface area contributed by atoms with Crippen LogP contribution in [0.3, 0.4) is 0 Å². The molecule has 5 heteroatoms. The second-order valence-corrected chi connectivity index (χ2v) is 5.97. The first-order chi connectivity index (χ1) is 9.72. The van der Waals surface area contributed by atoms with Crippen LogP contribution in [-0.4, -0.2) is 36.1 Å². The standard InChI is InChI=1S/C15H20O4S/c1-2-20-13-8-5-7-12(14(13)15(16)17)19-10-11-6-3-4-9-18-11/h5,7-8,11H,2-4,6,9-10H2,1H3,(H,16,17). The minimum Gasteiger partial charge on any atom is -0.490 e. The van der Waals surface area contributed by atoms with E-state index in [-0.39, 0.29) is 11.7 Å². The number of thioether (sulfide) groups is 1. The second-order valence-electron chi connectivity index (χ2n) is 4.67. The van der Waals surface area contributed by atoms with Gasteiger partial charge in [0, 0.05) is 11.5 Å². The molecule has 1 heterocycles. The van der Waals surface area contributed by atoms with Crippen LogP contribution in [0.15, 0.2) is 23.1 Å². The number of aromatic carboxylic acids is 1. The predicted molar refractivity (Wildman–Crippen MR) is 78.9 cm³/mol. The Hall–Kier alpha value is -1.20. The first kappa shape index (κ1) is 15.2. The third kappa shape index (κ3) is 3.90. The maximum atomic E-state index is 11.4. The van der Waals surface area contributed by atoms with Gasteiger partial charge < -0.3 is 14.6 Å². The highest BCUT2D eigenvalue weighted by molar-refractivity contribution is 7.99. The highest BCUT2D eigenvalue weighted by Gasteiger charge is 2.19. The van der Waals surface area contributed by atoms with Gasteiger partial charge in [0.1, 0.15) is 17.9 Å². The predicted octanol–water partition coefficient (Wildman–Crippen LogP) is 3.44. The summed E-state index contributed by atoms with van der Waals surface area (Å²) >= 11 is 1.51. The fourth-order valence-electron chi connectivity index (χ4n) is 2.24. The highest BCUT2D eigenvalue weighted by Crippen LogP contribution is 2.30. The van der Waals surface area contributed by atoms with Crippen molar-refractivity contribution in [2.45, 2.75) is 37.2 Å². The van der Waals surface area contributed by atoms with Crippen LogP contribution in [-0.2, 0) is 4.74 Å². The van der Waals surface area contributed by atoms with E-state index in [0.29, 0.717) is 12.4 Å². The molecule has 0 aromatic heterocycles. The summed E-state index contributed by atoms with van der Waals surface area (Å²) in [6, 6.07) is 5.37. The van der Waals surface area contributed by atoms with Gasteiger partial charge in [0.25, 0.3) is 0 Å². The van der Waals surface area contributed by atoms with Gasteiger partial charge in [-0.2, -0.15) is 0 Å². The summed E-state index contributed by atoms with van der Waals surface area (Å²) in [5.74, 6) is 0.321.